The van der Waals surface area contributed by atoms with Gasteiger partial charge in [-0.05, 0) is 23.6 Å². The topological polar surface area (TPSA) is 38.9 Å². The van der Waals surface area contributed by atoms with Crippen molar-refractivity contribution in [2.45, 2.75) is 0 Å². The average molecular weight is 181 g/mol. The number of halogens is 1. The Morgan fingerprint density at radius 1 is 1.08 bits per heavy atom. The van der Waals surface area contributed by atoms with E-state index in [1.54, 1.807) is 6.20 Å². The van der Waals surface area contributed by atoms with Gasteiger partial charge in [-0.1, -0.05) is 6.07 Å². The molecule has 0 saturated carbocycles. The van der Waals surface area contributed by atoms with Crippen LogP contribution in [-0.2, 0) is 0 Å². The van der Waals surface area contributed by atoms with Gasteiger partial charge in [0.1, 0.15) is 0 Å². The number of nitrogens with zero attached hydrogens (tertiary/aromatic N) is 1. The van der Waals surface area contributed by atoms with Gasteiger partial charge in [-0.3, -0.25) is 4.98 Å². The van der Waals surface area contributed by atoms with Crippen LogP contribution in [0.4, 0.5) is 5.69 Å². The van der Waals surface area contributed by atoms with Crippen molar-refractivity contribution in [3.63, 3.8) is 0 Å². The van der Waals surface area contributed by atoms with Crippen LogP contribution in [0.1, 0.15) is 0 Å². The van der Waals surface area contributed by atoms with Crippen LogP contribution in [-0.4, -0.2) is 4.98 Å². The number of aromatic nitrogens is 1. The molecule has 0 aliphatic heterocycles. The highest BCUT2D eigenvalue weighted by atomic mass is 35.5. The lowest BCUT2D eigenvalue weighted by molar-refractivity contribution is 1.36. The van der Waals surface area contributed by atoms with Crippen LogP contribution >= 0.6 is 12.4 Å². The van der Waals surface area contributed by atoms with E-state index in [0.717, 1.165) is 16.5 Å². The van der Waals surface area contributed by atoms with Gasteiger partial charge in [0.15, 0.2) is 0 Å². The van der Waals surface area contributed by atoms with E-state index in [0.29, 0.717) is 0 Å². The number of benzene rings is 1. The Morgan fingerprint density at radius 3 is 2.75 bits per heavy atom. The van der Waals surface area contributed by atoms with Crippen LogP contribution in [0.15, 0.2) is 36.7 Å². The molecule has 2 N–H and O–H groups in total. The highest BCUT2D eigenvalue weighted by molar-refractivity contribution is 5.85. The molecule has 0 fully saturated rings. The summed E-state index contributed by atoms with van der Waals surface area (Å²) in [6.07, 6.45) is 3.59. The quantitative estimate of drug-likeness (QED) is 0.632. The summed E-state index contributed by atoms with van der Waals surface area (Å²) in [6.45, 7) is 0. The van der Waals surface area contributed by atoms with Gasteiger partial charge in [0, 0.05) is 23.5 Å². The average Bonchev–Trinajstić information content (AvgIpc) is 2.04. The zero-order valence-electron chi connectivity index (χ0n) is 6.40. The van der Waals surface area contributed by atoms with Gasteiger partial charge in [-0.25, -0.2) is 0 Å². The van der Waals surface area contributed by atoms with Crippen LogP contribution in [0.25, 0.3) is 10.8 Å². The Balaban J connectivity index is 0.000000720. The molecule has 0 bridgehead atoms. The largest absolute Gasteiger partial charge is 0.399 e. The minimum Gasteiger partial charge on any atom is -0.399 e. The maximum absolute atomic E-state index is 5.60. The third-order valence-corrected chi connectivity index (χ3v) is 1.66. The summed E-state index contributed by atoms with van der Waals surface area (Å²) in [7, 11) is 0. The van der Waals surface area contributed by atoms with Gasteiger partial charge in [0.05, 0.1) is 0 Å². The third kappa shape index (κ3) is 1.48. The molecule has 12 heavy (non-hydrogen) atoms. The zero-order valence-corrected chi connectivity index (χ0v) is 7.21. The molecule has 0 unspecified atom stereocenters. The molecule has 1 heterocycles. The molecule has 0 aliphatic rings. The summed E-state index contributed by atoms with van der Waals surface area (Å²) in [6, 6.07) is 7.74. The molecule has 62 valence electrons. The molecule has 1 aromatic carbocycles. The summed E-state index contributed by atoms with van der Waals surface area (Å²) >= 11 is 0. The second-order valence-electron chi connectivity index (χ2n) is 2.48. The highest BCUT2D eigenvalue weighted by Gasteiger charge is 1.90. The molecule has 0 saturated heterocycles. The summed E-state index contributed by atoms with van der Waals surface area (Å²) < 4.78 is 0. The smallest absolute Gasteiger partial charge is 0.0346 e. The van der Waals surface area contributed by atoms with E-state index in [1.165, 1.54) is 0 Å². The number of hydrogen-bond acceptors (Lipinski definition) is 2. The molecule has 0 spiro atoms. The van der Waals surface area contributed by atoms with Crippen LogP contribution in [0.2, 0.25) is 0 Å². The van der Waals surface area contributed by atoms with Crippen molar-refractivity contribution in [2.24, 2.45) is 0 Å². The number of nitrogens with two attached hydrogens (primary N) is 1. The summed E-state index contributed by atoms with van der Waals surface area (Å²) in [5.74, 6) is 0. The van der Waals surface area contributed by atoms with E-state index in [4.69, 9.17) is 5.73 Å². The number of rotatable bonds is 0. The molecule has 0 radical (unpaired) electrons. The molecule has 2 nitrogen and oxygen atoms in total. The fraction of sp³-hybridized carbons (Fsp3) is 0. The summed E-state index contributed by atoms with van der Waals surface area (Å²) in [4.78, 5) is 4.00. The Labute approximate surface area is 76.8 Å². The predicted molar refractivity (Wildman–Crippen MR) is 53.4 cm³/mol. The minimum atomic E-state index is 0. The highest BCUT2D eigenvalue weighted by Crippen LogP contribution is 2.14. The molecule has 1 aromatic heterocycles. The molecule has 3 heteroatoms. The summed E-state index contributed by atoms with van der Waals surface area (Å²) in [5.41, 5.74) is 6.40. The maximum Gasteiger partial charge on any atom is 0.0346 e. The number of fused-ring (bicyclic) bond motifs is 1. The standard InChI is InChI=1S/C9H8N2.ClH/c10-9-2-1-8-6-11-4-3-7(8)5-9;/h1-6H,10H2;1H. The summed E-state index contributed by atoms with van der Waals surface area (Å²) in [5, 5.41) is 2.27. The van der Waals surface area contributed by atoms with Crippen molar-refractivity contribution in [3.05, 3.63) is 36.7 Å². The van der Waals surface area contributed by atoms with Crippen molar-refractivity contribution in [3.8, 4) is 0 Å². The van der Waals surface area contributed by atoms with Gasteiger partial charge in [-0.2, -0.15) is 0 Å². The lowest BCUT2D eigenvalue weighted by atomic mass is 10.2. The van der Waals surface area contributed by atoms with Gasteiger partial charge in [-0.15, -0.1) is 12.4 Å². The molecule has 0 atom stereocenters. The van der Waals surface area contributed by atoms with Crippen molar-refractivity contribution in [1.29, 1.82) is 0 Å². The maximum atomic E-state index is 5.60. The molecule has 2 rings (SSSR count). The van der Waals surface area contributed by atoms with E-state index in [2.05, 4.69) is 4.98 Å². The first-order valence-corrected chi connectivity index (χ1v) is 3.45. The molecular weight excluding hydrogens is 172 g/mol. The van der Waals surface area contributed by atoms with E-state index in [9.17, 15) is 0 Å². The Morgan fingerprint density at radius 2 is 1.92 bits per heavy atom. The molecular formula is C9H9ClN2. The number of hydrogen-bond donors (Lipinski definition) is 1. The lowest BCUT2D eigenvalue weighted by Gasteiger charge is -1.96. The van der Waals surface area contributed by atoms with E-state index in [1.807, 2.05) is 30.5 Å². The minimum absolute atomic E-state index is 0. The number of nitrogen functional groups attached to an aromatic ring is 1. The molecule has 2 aromatic rings. The van der Waals surface area contributed by atoms with Crippen LogP contribution in [0.3, 0.4) is 0 Å². The third-order valence-electron chi connectivity index (χ3n) is 1.66. The first-order valence-electron chi connectivity index (χ1n) is 3.45. The van der Waals surface area contributed by atoms with Crippen LogP contribution in [0.5, 0.6) is 0 Å². The molecule has 0 amide bonds. The predicted octanol–water partition coefficient (Wildman–Crippen LogP) is 2.24. The van der Waals surface area contributed by atoms with Crippen molar-refractivity contribution < 1.29 is 0 Å². The fourth-order valence-corrected chi connectivity index (χ4v) is 1.10. The second-order valence-corrected chi connectivity index (χ2v) is 2.48. The zero-order chi connectivity index (χ0) is 7.68. The van der Waals surface area contributed by atoms with Crippen LogP contribution < -0.4 is 5.73 Å². The number of anilines is 1. The monoisotopic (exact) mass is 180 g/mol. The number of pyridine rings is 1. The van der Waals surface area contributed by atoms with E-state index in [-0.39, 0.29) is 12.4 Å². The van der Waals surface area contributed by atoms with Crippen molar-refractivity contribution in [1.82, 2.24) is 4.98 Å². The van der Waals surface area contributed by atoms with Gasteiger partial charge in [0.25, 0.3) is 0 Å². The van der Waals surface area contributed by atoms with Gasteiger partial charge in [0.2, 0.25) is 0 Å². The van der Waals surface area contributed by atoms with E-state index < -0.39 is 0 Å². The van der Waals surface area contributed by atoms with Gasteiger partial charge < -0.3 is 5.73 Å². The Kier molecular flexibility index (Phi) is 2.51. The van der Waals surface area contributed by atoms with Gasteiger partial charge >= 0.3 is 0 Å². The molecule has 0 aliphatic carbocycles. The fourth-order valence-electron chi connectivity index (χ4n) is 1.10. The van der Waals surface area contributed by atoms with E-state index >= 15 is 0 Å². The first-order chi connectivity index (χ1) is 5.36. The second kappa shape index (κ2) is 3.41. The Bertz CT molecular complexity index is 387. The Hall–Kier alpha value is -1.28. The SMILES string of the molecule is Cl.Nc1ccc2cnccc2c1. The van der Waals surface area contributed by atoms with Crippen LogP contribution in [0, 0.1) is 0 Å². The lowest BCUT2D eigenvalue weighted by Crippen LogP contribution is -1.83. The van der Waals surface area contributed by atoms with Crippen molar-refractivity contribution >= 4 is 28.9 Å². The normalized spacial score (nSPS) is 9.33. The van der Waals surface area contributed by atoms with Crippen molar-refractivity contribution in [2.75, 3.05) is 5.73 Å². The first kappa shape index (κ1) is 8.81.